The van der Waals surface area contributed by atoms with Crippen molar-refractivity contribution in [1.29, 1.82) is 0 Å². The molecule has 0 fully saturated rings. The topological polar surface area (TPSA) is 75.3 Å². The number of rotatable bonds is 5. The first-order chi connectivity index (χ1) is 13.3. The third-order valence-corrected chi connectivity index (χ3v) is 5.90. The molecule has 0 spiro atoms. The van der Waals surface area contributed by atoms with E-state index in [1.807, 2.05) is 0 Å². The molecule has 0 unspecified atom stereocenters. The average Bonchev–Trinajstić information content (AvgIpc) is 2.64. The molecule has 0 aliphatic heterocycles. The summed E-state index contributed by atoms with van der Waals surface area (Å²) in [6.45, 7) is 0. The summed E-state index contributed by atoms with van der Waals surface area (Å²) in [6.07, 6.45) is 0. The van der Waals surface area contributed by atoms with Gasteiger partial charge in [-0.2, -0.15) is 0 Å². The van der Waals surface area contributed by atoms with Crippen LogP contribution in [0.5, 0.6) is 0 Å². The van der Waals surface area contributed by atoms with Crippen LogP contribution in [-0.2, 0) is 10.0 Å². The lowest BCUT2D eigenvalue weighted by Gasteiger charge is -2.11. The number of nitrogens with one attached hydrogen (secondary N) is 2. The second kappa shape index (κ2) is 8.30. The number of sulfonamides is 1. The van der Waals surface area contributed by atoms with Gasteiger partial charge in [0.15, 0.2) is 0 Å². The molecule has 0 aliphatic carbocycles. The number of hydrogen-bond acceptors (Lipinski definition) is 3. The van der Waals surface area contributed by atoms with Crippen LogP contribution in [0.3, 0.4) is 0 Å². The Morgan fingerprint density at radius 2 is 1.71 bits per heavy atom. The summed E-state index contributed by atoms with van der Waals surface area (Å²) in [6, 6.07) is 16.1. The summed E-state index contributed by atoms with van der Waals surface area (Å²) in [4.78, 5) is 12.5. The smallest absolute Gasteiger partial charge is 0.261 e. The fourth-order valence-electron chi connectivity index (χ4n) is 2.36. The third kappa shape index (κ3) is 4.70. The van der Waals surface area contributed by atoms with E-state index in [4.69, 9.17) is 11.6 Å². The molecule has 3 rings (SSSR count). The second-order valence-electron chi connectivity index (χ2n) is 5.69. The maximum atomic E-state index is 13.9. The van der Waals surface area contributed by atoms with E-state index in [1.54, 1.807) is 24.3 Å². The van der Waals surface area contributed by atoms with Crippen molar-refractivity contribution in [2.45, 2.75) is 4.90 Å². The lowest BCUT2D eigenvalue weighted by Crippen LogP contribution is -2.15. The van der Waals surface area contributed by atoms with E-state index in [-0.39, 0.29) is 26.9 Å². The van der Waals surface area contributed by atoms with Crippen LogP contribution in [0.15, 0.2) is 76.1 Å². The molecule has 144 valence electrons. The predicted molar refractivity (Wildman–Crippen MR) is 111 cm³/mol. The fourth-order valence-corrected chi connectivity index (χ4v) is 4.03. The summed E-state index contributed by atoms with van der Waals surface area (Å²) in [5.41, 5.74) is 0.269. The molecule has 0 saturated heterocycles. The summed E-state index contributed by atoms with van der Waals surface area (Å²) in [5.74, 6) is -1.23. The van der Waals surface area contributed by atoms with Crippen LogP contribution in [0.25, 0.3) is 0 Å². The van der Waals surface area contributed by atoms with Gasteiger partial charge in [-0.05, 0) is 48.5 Å². The van der Waals surface area contributed by atoms with Crippen molar-refractivity contribution in [1.82, 2.24) is 0 Å². The molecular formula is C19H13BrClFN2O3S. The van der Waals surface area contributed by atoms with Crippen molar-refractivity contribution in [3.63, 3.8) is 0 Å². The van der Waals surface area contributed by atoms with Gasteiger partial charge in [-0.3, -0.25) is 9.52 Å². The van der Waals surface area contributed by atoms with E-state index in [0.29, 0.717) is 4.47 Å². The molecule has 0 radical (unpaired) electrons. The maximum absolute atomic E-state index is 13.9. The molecule has 0 aromatic heterocycles. The molecule has 0 bridgehead atoms. The van der Waals surface area contributed by atoms with Gasteiger partial charge < -0.3 is 5.32 Å². The van der Waals surface area contributed by atoms with Crippen LogP contribution in [-0.4, -0.2) is 14.3 Å². The molecule has 0 aliphatic rings. The second-order valence-corrected chi connectivity index (χ2v) is 8.70. The molecule has 0 atom stereocenters. The molecular weight excluding hydrogens is 471 g/mol. The molecule has 0 saturated carbocycles. The summed E-state index contributed by atoms with van der Waals surface area (Å²) >= 11 is 9.27. The minimum atomic E-state index is -3.78. The van der Waals surface area contributed by atoms with Crippen LogP contribution in [0, 0.1) is 5.82 Å². The minimum absolute atomic E-state index is 0.00174. The Morgan fingerprint density at radius 3 is 2.36 bits per heavy atom. The Balaban J connectivity index is 1.79. The van der Waals surface area contributed by atoms with Crippen molar-refractivity contribution < 1.29 is 17.6 Å². The lowest BCUT2D eigenvalue weighted by atomic mass is 10.2. The van der Waals surface area contributed by atoms with Crippen LogP contribution >= 0.6 is 27.5 Å². The number of anilines is 2. The number of carbonyl (C=O) groups is 1. The number of hydrogen-bond donors (Lipinski definition) is 2. The fraction of sp³-hybridized carbons (Fsp3) is 0. The van der Waals surface area contributed by atoms with Crippen molar-refractivity contribution in [3.05, 3.63) is 87.6 Å². The molecule has 1 amide bonds. The van der Waals surface area contributed by atoms with Gasteiger partial charge in [0.05, 0.1) is 26.9 Å². The maximum Gasteiger partial charge on any atom is 0.261 e. The Kier molecular flexibility index (Phi) is 6.02. The summed E-state index contributed by atoms with van der Waals surface area (Å²) < 4.78 is 41.5. The normalized spacial score (nSPS) is 11.1. The lowest BCUT2D eigenvalue weighted by molar-refractivity contribution is 0.102. The number of halogens is 3. The standard InChI is InChI=1S/C19H13BrClFN2O3S/c20-12-6-9-18(17(22)10-12)23-19(25)15-8-7-13(11-16(15)21)24-28(26,27)14-4-2-1-3-5-14/h1-11,24H,(H,23,25). The Hall–Kier alpha value is -2.42. The minimum Gasteiger partial charge on any atom is -0.319 e. The number of amides is 1. The van der Waals surface area contributed by atoms with Gasteiger partial charge in [0.2, 0.25) is 0 Å². The van der Waals surface area contributed by atoms with Crippen LogP contribution in [0.1, 0.15) is 10.4 Å². The van der Waals surface area contributed by atoms with Crippen molar-refractivity contribution >= 4 is 54.8 Å². The van der Waals surface area contributed by atoms with Crippen molar-refractivity contribution in [3.8, 4) is 0 Å². The molecule has 3 aromatic carbocycles. The molecule has 0 heterocycles. The van der Waals surface area contributed by atoms with Crippen LogP contribution in [0.2, 0.25) is 5.02 Å². The Labute approximate surface area is 174 Å². The number of carbonyl (C=O) groups excluding carboxylic acids is 1. The van der Waals surface area contributed by atoms with E-state index < -0.39 is 21.7 Å². The van der Waals surface area contributed by atoms with E-state index in [0.717, 1.165) is 0 Å². The van der Waals surface area contributed by atoms with Crippen LogP contribution in [0.4, 0.5) is 15.8 Å². The first-order valence-electron chi connectivity index (χ1n) is 7.90. The quantitative estimate of drug-likeness (QED) is 0.517. The summed E-state index contributed by atoms with van der Waals surface area (Å²) in [5, 5.41) is 2.45. The highest BCUT2D eigenvalue weighted by atomic mass is 79.9. The van der Waals surface area contributed by atoms with E-state index >= 15 is 0 Å². The highest BCUT2D eigenvalue weighted by molar-refractivity contribution is 9.10. The van der Waals surface area contributed by atoms with Gasteiger partial charge in [0, 0.05) is 4.47 Å². The highest BCUT2D eigenvalue weighted by Gasteiger charge is 2.17. The molecule has 9 heteroatoms. The van der Waals surface area contributed by atoms with E-state index in [1.165, 1.54) is 42.5 Å². The van der Waals surface area contributed by atoms with Crippen molar-refractivity contribution in [2.75, 3.05) is 10.0 Å². The first-order valence-corrected chi connectivity index (χ1v) is 10.6. The van der Waals surface area contributed by atoms with Gasteiger partial charge in [-0.15, -0.1) is 0 Å². The van der Waals surface area contributed by atoms with Crippen LogP contribution < -0.4 is 10.0 Å². The SMILES string of the molecule is O=C(Nc1ccc(Br)cc1F)c1ccc(NS(=O)(=O)c2ccccc2)cc1Cl. The van der Waals surface area contributed by atoms with E-state index in [2.05, 4.69) is 26.0 Å². The van der Waals surface area contributed by atoms with Crippen molar-refractivity contribution in [2.24, 2.45) is 0 Å². The zero-order valence-corrected chi connectivity index (χ0v) is 17.3. The first kappa shape index (κ1) is 20.3. The third-order valence-electron chi connectivity index (χ3n) is 3.70. The molecule has 5 nitrogen and oxygen atoms in total. The van der Waals surface area contributed by atoms with Gasteiger partial charge in [0.1, 0.15) is 5.82 Å². The Bertz CT molecular complexity index is 1140. The Morgan fingerprint density at radius 1 is 1.00 bits per heavy atom. The zero-order valence-electron chi connectivity index (χ0n) is 14.1. The number of benzene rings is 3. The highest BCUT2D eigenvalue weighted by Crippen LogP contribution is 2.25. The largest absolute Gasteiger partial charge is 0.319 e. The summed E-state index contributed by atoms with van der Waals surface area (Å²) in [7, 11) is -3.78. The predicted octanol–water partition coefficient (Wildman–Crippen LogP) is 5.29. The molecule has 3 aromatic rings. The molecule has 28 heavy (non-hydrogen) atoms. The monoisotopic (exact) mass is 482 g/mol. The van der Waals surface area contributed by atoms with Gasteiger partial charge in [0.25, 0.3) is 15.9 Å². The van der Waals surface area contributed by atoms with E-state index in [9.17, 15) is 17.6 Å². The zero-order chi connectivity index (χ0) is 20.3. The van der Waals surface area contributed by atoms with Gasteiger partial charge in [-0.25, -0.2) is 12.8 Å². The average molecular weight is 484 g/mol. The van der Waals surface area contributed by atoms with Gasteiger partial charge in [-0.1, -0.05) is 45.7 Å². The van der Waals surface area contributed by atoms with Gasteiger partial charge >= 0.3 is 0 Å². The molecule has 2 N–H and O–H groups in total.